The van der Waals surface area contributed by atoms with E-state index in [1.165, 1.54) is 16.7 Å². The van der Waals surface area contributed by atoms with Crippen molar-refractivity contribution in [1.82, 2.24) is 0 Å². The van der Waals surface area contributed by atoms with Crippen LogP contribution in [0.2, 0.25) is 0 Å². The summed E-state index contributed by atoms with van der Waals surface area (Å²) in [5.41, 5.74) is 9.47. The van der Waals surface area contributed by atoms with Crippen LogP contribution < -0.4 is 14.8 Å². The van der Waals surface area contributed by atoms with Crippen molar-refractivity contribution in [2.75, 3.05) is 12.4 Å². The first-order valence-corrected chi connectivity index (χ1v) is 11.2. The van der Waals surface area contributed by atoms with Gasteiger partial charge in [-0.15, -0.1) is 0 Å². The van der Waals surface area contributed by atoms with Gasteiger partial charge in [-0.1, -0.05) is 41.5 Å². The molecule has 0 aliphatic carbocycles. The van der Waals surface area contributed by atoms with Gasteiger partial charge in [0, 0.05) is 22.4 Å². The van der Waals surface area contributed by atoms with E-state index in [-0.39, 0.29) is 11.3 Å². The SMILES string of the molecule is COc1c(O)ccc2c1-c1ccc3c(c1/C(=C/c1cc(C)cc(C)c1)O2)C(C)=CC(C)(C)N3. The number of rotatable bonds is 2. The van der Waals surface area contributed by atoms with Crippen LogP contribution in [0.1, 0.15) is 48.6 Å². The summed E-state index contributed by atoms with van der Waals surface area (Å²) < 4.78 is 12.1. The van der Waals surface area contributed by atoms with Crippen LogP contribution in [-0.2, 0) is 0 Å². The van der Waals surface area contributed by atoms with Crippen LogP contribution in [0, 0.1) is 13.8 Å². The van der Waals surface area contributed by atoms with Gasteiger partial charge in [-0.05, 0) is 70.0 Å². The van der Waals surface area contributed by atoms with Gasteiger partial charge in [-0.3, -0.25) is 0 Å². The Hall–Kier alpha value is -3.66. The Bertz CT molecular complexity index is 1340. The lowest BCUT2D eigenvalue weighted by Gasteiger charge is -2.35. The van der Waals surface area contributed by atoms with Crippen LogP contribution in [0.5, 0.6) is 17.2 Å². The highest BCUT2D eigenvalue weighted by molar-refractivity contribution is 6.02. The Morgan fingerprint density at radius 2 is 1.67 bits per heavy atom. The zero-order valence-corrected chi connectivity index (χ0v) is 20.0. The summed E-state index contributed by atoms with van der Waals surface area (Å²) in [6.07, 6.45) is 4.35. The van der Waals surface area contributed by atoms with Gasteiger partial charge in [0.15, 0.2) is 11.5 Å². The molecule has 4 heteroatoms. The highest BCUT2D eigenvalue weighted by Gasteiger charge is 2.33. The lowest BCUT2D eigenvalue weighted by molar-refractivity contribution is 0.371. The number of hydrogen-bond acceptors (Lipinski definition) is 4. The number of phenols is 1. The molecule has 2 heterocycles. The van der Waals surface area contributed by atoms with Crippen LogP contribution >= 0.6 is 0 Å². The predicted octanol–water partition coefficient (Wildman–Crippen LogP) is 7.18. The summed E-state index contributed by atoms with van der Waals surface area (Å²) in [7, 11) is 1.57. The summed E-state index contributed by atoms with van der Waals surface area (Å²) in [5.74, 6) is 1.96. The first-order valence-electron chi connectivity index (χ1n) is 11.2. The van der Waals surface area contributed by atoms with Crippen molar-refractivity contribution >= 4 is 23.1 Å². The van der Waals surface area contributed by atoms with Gasteiger partial charge in [0.1, 0.15) is 11.5 Å². The lowest BCUT2D eigenvalue weighted by Crippen LogP contribution is -2.32. The fourth-order valence-corrected chi connectivity index (χ4v) is 5.19. The highest BCUT2D eigenvalue weighted by Crippen LogP contribution is 2.54. The number of fused-ring (bicyclic) bond motifs is 5. The van der Waals surface area contributed by atoms with E-state index < -0.39 is 0 Å². The maximum Gasteiger partial charge on any atom is 0.172 e. The minimum Gasteiger partial charge on any atom is -0.504 e. The van der Waals surface area contributed by atoms with E-state index in [1.54, 1.807) is 19.2 Å². The number of hydrogen-bond donors (Lipinski definition) is 2. The van der Waals surface area contributed by atoms with Gasteiger partial charge in [0.2, 0.25) is 0 Å². The minimum atomic E-state index is -0.147. The van der Waals surface area contributed by atoms with Gasteiger partial charge in [-0.25, -0.2) is 0 Å². The molecule has 0 fully saturated rings. The summed E-state index contributed by atoms with van der Waals surface area (Å²) >= 11 is 0. The molecule has 4 nitrogen and oxygen atoms in total. The van der Waals surface area contributed by atoms with Gasteiger partial charge >= 0.3 is 0 Å². The Balaban J connectivity index is 1.84. The summed E-state index contributed by atoms with van der Waals surface area (Å²) in [6.45, 7) is 10.7. The second-order valence-electron chi connectivity index (χ2n) is 9.61. The fourth-order valence-electron chi connectivity index (χ4n) is 5.19. The van der Waals surface area contributed by atoms with Gasteiger partial charge < -0.3 is 19.9 Å². The third kappa shape index (κ3) is 3.56. The molecule has 2 aliphatic heterocycles. The molecule has 3 aromatic rings. The fraction of sp³-hybridized carbons (Fsp3) is 0.241. The molecule has 0 unspecified atom stereocenters. The Labute approximate surface area is 195 Å². The third-order valence-corrected chi connectivity index (χ3v) is 6.21. The van der Waals surface area contributed by atoms with Crippen molar-refractivity contribution in [2.24, 2.45) is 0 Å². The van der Waals surface area contributed by atoms with E-state index in [0.717, 1.165) is 39.3 Å². The van der Waals surface area contributed by atoms with Gasteiger partial charge in [0.25, 0.3) is 0 Å². The number of nitrogens with one attached hydrogen (secondary N) is 1. The number of phenolic OH excluding ortho intramolecular Hbond substituents is 1. The summed E-state index contributed by atoms with van der Waals surface area (Å²) in [6, 6.07) is 14.1. The maximum absolute atomic E-state index is 10.5. The zero-order valence-electron chi connectivity index (χ0n) is 20.0. The molecule has 0 atom stereocenters. The molecule has 0 saturated carbocycles. The minimum absolute atomic E-state index is 0.0942. The molecular weight excluding hydrogens is 410 g/mol. The van der Waals surface area contributed by atoms with E-state index in [1.807, 2.05) is 0 Å². The first kappa shape index (κ1) is 21.2. The highest BCUT2D eigenvalue weighted by atomic mass is 16.5. The predicted molar refractivity (Wildman–Crippen MR) is 136 cm³/mol. The molecule has 3 aromatic carbocycles. The average molecular weight is 440 g/mol. The van der Waals surface area contributed by atoms with Crippen LogP contribution in [0.15, 0.2) is 48.5 Å². The van der Waals surface area contributed by atoms with E-state index in [2.05, 4.69) is 82.4 Å². The molecule has 0 saturated heterocycles. The number of benzene rings is 3. The van der Waals surface area contributed by atoms with Crippen molar-refractivity contribution < 1.29 is 14.6 Å². The Morgan fingerprint density at radius 1 is 0.939 bits per heavy atom. The van der Waals surface area contributed by atoms with Crippen molar-refractivity contribution in [3.8, 4) is 28.4 Å². The molecule has 33 heavy (non-hydrogen) atoms. The molecule has 0 aromatic heterocycles. The number of ether oxygens (including phenoxy) is 2. The number of methoxy groups -OCH3 is 1. The number of allylic oxidation sites excluding steroid dienone is 1. The second kappa shape index (κ2) is 7.45. The van der Waals surface area contributed by atoms with Crippen molar-refractivity contribution in [2.45, 2.75) is 40.2 Å². The lowest BCUT2D eigenvalue weighted by atomic mass is 9.82. The maximum atomic E-state index is 10.5. The molecule has 0 radical (unpaired) electrons. The largest absolute Gasteiger partial charge is 0.504 e. The molecule has 0 amide bonds. The van der Waals surface area contributed by atoms with Crippen molar-refractivity contribution in [1.29, 1.82) is 0 Å². The van der Waals surface area contributed by atoms with Crippen LogP contribution in [-0.4, -0.2) is 17.8 Å². The van der Waals surface area contributed by atoms with Crippen LogP contribution in [0.4, 0.5) is 5.69 Å². The zero-order chi connectivity index (χ0) is 23.5. The van der Waals surface area contributed by atoms with E-state index in [4.69, 9.17) is 9.47 Å². The van der Waals surface area contributed by atoms with Crippen LogP contribution in [0.3, 0.4) is 0 Å². The molecule has 2 N–H and O–H groups in total. The quantitative estimate of drug-likeness (QED) is 0.444. The topological polar surface area (TPSA) is 50.7 Å². The molecule has 2 aliphatic rings. The van der Waals surface area contributed by atoms with Crippen LogP contribution in [0.25, 0.3) is 28.5 Å². The van der Waals surface area contributed by atoms with Crippen molar-refractivity contribution in [3.05, 3.63) is 76.4 Å². The normalized spacial score (nSPS) is 16.7. The van der Waals surface area contributed by atoms with Crippen molar-refractivity contribution in [3.63, 3.8) is 0 Å². The van der Waals surface area contributed by atoms with Gasteiger partial charge in [-0.2, -0.15) is 0 Å². The van der Waals surface area contributed by atoms with E-state index in [9.17, 15) is 5.11 Å². The Kier molecular flexibility index (Phi) is 4.78. The first-order chi connectivity index (χ1) is 15.7. The van der Waals surface area contributed by atoms with E-state index in [0.29, 0.717) is 11.5 Å². The van der Waals surface area contributed by atoms with E-state index >= 15 is 0 Å². The third-order valence-electron chi connectivity index (χ3n) is 6.21. The second-order valence-corrected chi connectivity index (χ2v) is 9.61. The Morgan fingerprint density at radius 3 is 2.36 bits per heavy atom. The molecule has 5 rings (SSSR count). The average Bonchev–Trinajstić information content (AvgIpc) is 2.72. The standard InChI is InChI=1S/C29H29NO3/c1-16-11-17(2)13-19(12-16)14-24-26-20(27-23(33-24)10-9-22(31)28(27)32-6)7-8-21-25(26)18(3)15-29(4,5)30-21/h7-15,30-31H,1-6H3/b24-14-. The number of aryl methyl sites for hydroxylation is 2. The number of anilines is 1. The summed E-state index contributed by atoms with van der Waals surface area (Å²) in [4.78, 5) is 0. The molecule has 168 valence electrons. The smallest absolute Gasteiger partial charge is 0.172 e. The summed E-state index contributed by atoms with van der Waals surface area (Å²) in [5, 5.41) is 14.1. The monoisotopic (exact) mass is 439 g/mol. The molecular formula is C29H29NO3. The molecule has 0 spiro atoms. The molecule has 0 bridgehead atoms. The number of aromatic hydroxyl groups is 1. The van der Waals surface area contributed by atoms with Gasteiger partial charge in [0.05, 0.1) is 18.2 Å².